The van der Waals surface area contributed by atoms with Crippen LogP contribution < -0.4 is 21.5 Å². The number of nitrogens with zero attached hydrogens (tertiary/aromatic N) is 1. The monoisotopic (exact) mass is 399 g/mol. The van der Waals surface area contributed by atoms with Crippen LogP contribution in [0.1, 0.15) is 23.2 Å². The van der Waals surface area contributed by atoms with Gasteiger partial charge in [0.25, 0.3) is 16.8 Å². The summed E-state index contributed by atoms with van der Waals surface area (Å²) in [7, 11) is 4.79. The van der Waals surface area contributed by atoms with Crippen molar-refractivity contribution in [2.75, 3.05) is 38.4 Å². The average Bonchev–Trinajstić information content (AvgIpc) is 2.72. The lowest BCUT2D eigenvalue weighted by Gasteiger charge is -2.29. The number of rotatable bonds is 7. The van der Waals surface area contributed by atoms with Crippen LogP contribution in [-0.4, -0.2) is 49.8 Å². The van der Waals surface area contributed by atoms with Gasteiger partial charge in [0, 0.05) is 33.2 Å². The normalized spacial score (nSPS) is 18.6. The molecule has 0 aliphatic heterocycles. The third-order valence-electron chi connectivity index (χ3n) is 5.09. The first-order chi connectivity index (χ1) is 13.8. The molecule has 0 spiro atoms. The number of phenolic OH excluding ortho intramolecular Hbond substituents is 1. The number of para-hydroxylation sites is 1. The summed E-state index contributed by atoms with van der Waals surface area (Å²) in [5, 5.41) is 16.4. The van der Waals surface area contributed by atoms with E-state index in [1.165, 1.54) is 17.0 Å². The van der Waals surface area contributed by atoms with Crippen molar-refractivity contribution in [3.05, 3.63) is 56.4 Å². The molecule has 1 aliphatic rings. The lowest BCUT2D eigenvalue weighted by molar-refractivity contribution is 0.0824. The number of carbonyl (C=O) groups is 1. The second-order valence-electron chi connectivity index (χ2n) is 7.33. The van der Waals surface area contributed by atoms with Crippen LogP contribution >= 0.6 is 0 Å². The number of benzene rings is 1. The Kier molecular flexibility index (Phi) is 6.03. The fourth-order valence-electron chi connectivity index (χ4n) is 3.46. The lowest BCUT2D eigenvalue weighted by Crippen LogP contribution is -2.41. The Morgan fingerprint density at radius 2 is 1.97 bits per heavy atom. The highest BCUT2D eigenvalue weighted by Gasteiger charge is 2.28. The molecule has 3 rings (SSSR count). The number of amides is 1. The highest BCUT2D eigenvalue weighted by atomic mass is 16.5. The number of hydrogen-bond acceptors (Lipinski definition) is 7. The lowest BCUT2D eigenvalue weighted by atomic mass is 9.89. The summed E-state index contributed by atoms with van der Waals surface area (Å²) in [4.78, 5) is 37.9. The summed E-state index contributed by atoms with van der Waals surface area (Å²) >= 11 is 0. The molecule has 0 bridgehead atoms. The minimum Gasteiger partial charge on any atom is -0.505 e. The van der Waals surface area contributed by atoms with E-state index in [2.05, 4.69) is 10.6 Å². The second-order valence-corrected chi connectivity index (χ2v) is 7.33. The predicted molar refractivity (Wildman–Crippen MR) is 112 cm³/mol. The number of ether oxygens (including phenoxy) is 1. The maximum atomic E-state index is 12.2. The molecule has 0 aromatic heterocycles. The zero-order valence-corrected chi connectivity index (χ0v) is 16.7. The SMILES string of the molecule is COCC1CCC=C[C@@H]1Nc1c(Nc2cccc(C(=O)N(C)C)c2O)c(=O)c1=O. The van der Waals surface area contributed by atoms with Gasteiger partial charge in [-0.2, -0.15) is 0 Å². The van der Waals surface area contributed by atoms with Crippen molar-refractivity contribution in [1.29, 1.82) is 0 Å². The van der Waals surface area contributed by atoms with Crippen molar-refractivity contribution < 1.29 is 14.6 Å². The molecule has 2 aromatic rings. The maximum absolute atomic E-state index is 12.2. The van der Waals surface area contributed by atoms with E-state index in [1.807, 2.05) is 12.2 Å². The first-order valence-electron chi connectivity index (χ1n) is 9.41. The summed E-state index contributed by atoms with van der Waals surface area (Å²) < 4.78 is 5.26. The number of carbonyl (C=O) groups excluding carboxylic acids is 1. The summed E-state index contributed by atoms with van der Waals surface area (Å²) in [6.45, 7) is 0.537. The first-order valence-corrected chi connectivity index (χ1v) is 9.41. The molecule has 0 fully saturated rings. The van der Waals surface area contributed by atoms with Gasteiger partial charge in [-0.3, -0.25) is 14.4 Å². The van der Waals surface area contributed by atoms with Crippen LogP contribution in [0, 0.1) is 5.92 Å². The molecule has 2 aromatic carbocycles. The Bertz CT molecular complexity index is 1000. The Morgan fingerprint density at radius 1 is 1.24 bits per heavy atom. The average molecular weight is 399 g/mol. The zero-order chi connectivity index (χ0) is 21.1. The molecule has 8 heteroatoms. The van der Waals surface area contributed by atoms with Crippen molar-refractivity contribution in [2.24, 2.45) is 5.92 Å². The van der Waals surface area contributed by atoms with E-state index in [0.717, 1.165) is 12.8 Å². The van der Waals surface area contributed by atoms with E-state index in [1.54, 1.807) is 27.3 Å². The number of nitrogens with one attached hydrogen (secondary N) is 2. The molecule has 154 valence electrons. The van der Waals surface area contributed by atoms with Crippen molar-refractivity contribution in [3.8, 4) is 5.75 Å². The van der Waals surface area contributed by atoms with E-state index in [-0.39, 0.29) is 46.2 Å². The van der Waals surface area contributed by atoms with Gasteiger partial charge in [0.15, 0.2) is 5.75 Å². The molecular formula is C21H25N3O5. The second kappa shape index (κ2) is 8.48. The van der Waals surface area contributed by atoms with Gasteiger partial charge >= 0.3 is 0 Å². The highest BCUT2D eigenvalue weighted by molar-refractivity contribution is 5.99. The summed E-state index contributed by atoms with van der Waals surface area (Å²) in [5.74, 6) is -0.471. The third-order valence-corrected chi connectivity index (χ3v) is 5.09. The number of anilines is 3. The van der Waals surface area contributed by atoms with Gasteiger partial charge < -0.3 is 25.4 Å². The Balaban J connectivity index is 1.87. The highest BCUT2D eigenvalue weighted by Crippen LogP contribution is 2.33. The van der Waals surface area contributed by atoms with Crippen molar-refractivity contribution in [1.82, 2.24) is 4.90 Å². The molecule has 0 saturated heterocycles. The van der Waals surface area contributed by atoms with Gasteiger partial charge in [-0.1, -0.05) is 18.2 Å². The molecule has 1 aliphatic carbocycles. The van der Waals surface area contributed by atoms with E-state index >= 15 is 0 Å². The maximum Gasteiger partial charge on any atom is 0.257 e. The molecule has 29 heavy (non-hydrogen) atoms. The first kappa shape index (κ1) is 20.6. The molecule has 0 radical (unpaired) electrons. The summed E-state index contributed by atoms with van der Waals surface area (Å²) in [5.41, 5.74) is -0.739. The van der Waals surface area contributed by atoms with Crippen LogP contribution in [0.4, 0.5) is 17.1 Å². The van der Waals surface area contributed by atoms with Crippen LogP contribution in [0.15, 0.2) is 39.9 Å². The van der Waals surface area contributed by atoms with E-state index < -0.39 is 10.9 Å². The predicted octanol–water partition coefficient (Wildman–Crippen LogP) is 1.83. The molecule has 8 nitrogen and oxygen atoms in total. The van der Waals surface area contributed by atoms with Gasteiger partial charge in [0.2, 0.25) is 0 Å². The van der Waals surface area contributed by atoms with E-state index in [0.29, 0.717) is 6.61 Å². The number of phenols is 1. The minimum absolute atomic E-state index is 0.0786. The molecule has 1 unspecified atom stereocenters. The molecule has 0 saturated carbocycles. The Labute approximate surface area is 168 Å². The smallest absolute Gasteiger partial charge is 0.257 e. The largest absolute Gasteiger partial charge is 0.505 e. The number of aromatic hydroxyl groups is 1. The van der Waals surface area contributed by atoms with Crippen LogP contribution in [0.5, 0.6) is 5.75 Å². The van der Waals surface area contributed by atoms with Crippen LogP contribution in [0.3, 0.4) is 0 Å². The Morgan fingerprint density at radius 3 is 2.66 bits per heavy atom. The fourth-order valence-corrected chi connectivity index (χ4v) is 3.46. The molecular weight excluding hydrogens is 374 g/mol. The minimum atomic E-state index is -0.667. The number of allylic oxidation sites excluding steroid dienone is 1. The van der Waals surface area contributed by atoms with Gasteiger partial charge in [-0.15, -0.1) is 0 Å². The van der Waals surface area contributed by atoms with Gasteiger partial charge in [0.1, 0.15) is 11.4 Å². The third kappa shape index (κ3) is 4.02. The quantitative estimate of drug-likeness (QED) is 0.370. The van der Waals surface area contributed by atoms with Gasteiger partial charge in [-0.25, -0.2) is 0 Å². The fraction of sp³-hybridized carbons (Fsp3) is 0.381. The summed E-state index contributed by atoms with van der Waals surface area (Å²) in [6.07, 6.45) is 5.85. The number of methoxy groups -OCH3 is 1. The zero-order valence-electron chi connectivity index (χ0n) is 16.7. The topological polar surface area (TPSA) is 108 Å². The molecule has 2 atom stereocenters. The van der Waals surface area contributed by atoms with Crippen LogP contribution in [-0.2, 0) is 4.74 Å². The van der Waals surface area contributed by atoms with Crippen molar-refractivity contribution in [3.63, 3.8) is 0 Å². The van der Waals surface area contributed by atoms with Crippen LogP contribution in [0.2, 0.25) is 0 Å². The van der Waals surface area contributed by atoms with Crippen LogP contribution in [0.25, 0.3) is 0 Å². The van der Waals surface area contributed by atoms with Crippen molar-refractivity contribution in [2.45, 2.75) is 18.9 Å². The molecule has 1 amide bonds. The van der Waals surface area contributed by atoms with E-state index in [4.69, 9.17) is 4.74 Å². The van der Waals surface area contributed by atoms with Gasteiger partial charge in [0.05, 0.1) is 17.9 Å². The van der Waals surface area contributed by atoms with Gasteiger partial charge in [-0.05, 0) is 25.0 Å². The number of hydrogen-bond donors (Lipinski definition) is 3. The standard InChI is InChI=1S/C21H25N3O5/c1-24(2)21(28)13-8-6-10-15(18(13)25)23-17-16(19(26)20(17)27)22-14-9-5-4-7-12(14)11-29-3/h5-6,8-10,12,14,22-23,25H,4,7,11H2,1-3H3/t12?,14-/m0/s1. The van der Waals surface area contributed by atoms with Crippen molar-refractivity contribution >= 4 is 23.0 Å². The summed E-state index contributed by atoms with van der Waals surface area (Å²) in [6, 6.07) is 4.49. The van der Waals surface area contributed by atoms with E-state index in [9.17, 15) is 19.5 Å². The molecule has 0 heterocycles. The Hall–Kier alpha value is -3.13. The molecule has 3 N–H and O–H groups in total.